The van der Waals surface area contributed by atoms with Gasteiger partial charge >= 0.3 is 0 Å². The summed E-state index contributed by atoms with van der Waals surface area (Å²) in [6.45, 7) is 4.65. The van der Waals surface area contributed by atoms with Gasteiger partial charge in [0.2, 0.25) is 0 Å². The van der Waals surface area contributed by atoms with Crippen LogP contribution in [0.4, 0.5) is 5.69 Å². The van der Waals surface area contributed by atoms with Crippen molar-refractivity contribution in [2.45, 2.75) is 27.0 Å². The first-order chi connectivity index (χ1) is 13.5. The van der Waals surface area contributed by atoms with Gasteiger partial charge in [-0.05, 0) is 43.2 Å². The van der Waals surface area contributed by atoms with Crippen LogP contribution in [0.5, 0.6) is 0 Å². The van der Waals surface area contributed by atoms with Crippen LogP contribution in [-0.4, -0.2) is 20.8 Å². The fourth-order valence-electron chi connectivity index (χ4n) is 3.14. The second-order valence-electron chi connectivity index (χ2n) is 6.87. The SMILES string of the molecule is Cc1ccc(Cn2nc(C)c3cc(C(=O)Nc4cccc(CO)c4)sc32)cc1. The standard InChI is InChI=1S/C22H21N3O2S/c1-14-6-8-16(9-7-14)12-25-22-19(15(2)24-25)11-20(28-22)21(27)23-18-5-3-4-17(10-18)13-26/h3-11,26H,12-13H2,1-2H3,(H,23,27). The summed E-state index contributed by atoms with van der Waals surface area (Å²) in [6, 6.07) is 17.5. The van der Waals surface area contributed by atoms with Crippen LogP contribution >= 0.6 is 11.3 Å². The third-order valence-electron chi connectivity index (χ3n) is 4.65. The monoisotopic (exact) mass is 391 g/mol. The molecule has 28 heavy (non-hydrogen) atoms. The average molecular weight is 391 g/mol. The number of amides is 1. The van der Waals surface area contributed by atoms with Crippen LogP contribution in [0.1, 0.15) is 32.1 Å². The van der Waals surface area contributed by atoms with Crippen molar-refractivity contribution in [3.8, 4) is 0 Å². The van der Waals surface area contributed by atoms with Crippen molar-refractivity contribution in [3.63, 3.8) is 0 Å². The highest BCUT2D eigenvalue weighted by Gasteiger charge is 2.17. The Morgan fingerprint density at radius 2 is 1.89 bits per heavy atom. The number of carbonyl (C=O) groups is 1. The molecule has 0 radical (unpaired) electrons. The number of fused-ring (bicyclic) bond motifs is 1. The number of hydrogen-bond acceptors (Lipinski definition) is 4. The van der Waals surface area contributed by atoms with Crippen molar-refractivity contribution in [2.75, 3.05) is 5.32 Å². The van der Waals surface area contributed by atoms with Crippen molar-refractivity contribution >= 4 is 33.1 Å². The third kappa shape index (κ3) is 3.69. The van der Waals surface area contributed by atoms with E-state index in [1.165, 1.54) is 22.5 Å². The van der Waals surface area contributed by atoms with Crippen LogP contribution in [0.15, 0.2) is 54.6 Å². The lowest BCUT2D eigenvalue weighted by Gasteiger charge is -2.05. The molecule has 1 amide bonds. The van der Waals surface area contributed by atoms with E-state index in [2.05, 4.69) is 41.6 Å². The van der Waals surface area contributed by atoms with E-state index in [4.69, 9.17) is 0 Å². The van der Waals surface area contributed by atoms with Crippen molar-refractivity contribution < 1.29 is 9.90 Å². The van der Waals surface area contributed by atoms with Gasteiger partial charge in [0.05, 0.1) is 23.7 Å². The molecule has 0 spiro atoms. The van der Waals surface area contributed by atoms with Crippen LogP contribution in [0.3, 0.4) is 0 Å². The smallest absolute Gasteiger partial charge is 0.265 e. The second-order valence-corrected chi connectivity index (χ2v) is 7.90. The normalized spacial score (nSPS) is 11.1. The molecule has 0 unspecified atom stereocenters. The van der Waals surface area contributed by atoms with Crippen molar-refractivity contribution in [1.29, 1.82) is 0 Å². The lowest BCUT2D eigenvalue weighted by Crippen LogP contribution is -2.10. The topological polar surface area (TPSA) is 67.2 Å². The molecule has 4 aromatic rings. The van der Waals surface area contributed by atoms with Crippen LogP contribution < -0.4 is 5.32 Å². The largest absolute Gasteiger partial charge is 0.392 e. The first kappa shape index (κ1) is 18.4. The van der Waals surface area contributed by atoms with Crippen molar-refractivity contribution in [3.05, 3.63) is 81.9 Å². The summed E-state index contributed by atoms with van der Waals surface area (Å²) in [6.07, 6.45) is 0. The van der Waals surface area contributed by atoms with Gasteiger partial charge in [-0.3, -0.25) is 9.48 Å². The number of carbonyl (C=O) groups excluding carboxylic acids is 1. The molecule has 0 saturated heterocycles. The summed E-state index contributed by atoms with van der Waals surface area (Å²) in [5.74, 6) is -0.155. The highest BCUT2D eigenvalue weighted by molar-refractivity contribution is 7.20. The predicted molar refractivity (Wildman–Crippen MR) is 113 cm³/mol. The van der Waals surface area contributed by atoms with Gasteiger partial charge in [-0.2, -0.15) is 5.10 Å². The highest BCUT2D eigenvalue weighted by atomic mass is 32.1. The highest BCUT2D eigenvalue weighted by Crippen LogP contribution is 2.29. The zero-order valence-electron chi connectivity index (χ0n) is 15.8. The summed E-state index contributed by atoms with van der Waals surface area (Å²) >= 11 is 1.44. The van der Waals surface area contributed by atoms with Crippen LogP contribution in [0, 0.1) is 13.8 Å². The van der Waals surface area contributed by atoms with Crippen molar-refractivity contribution in [1.82, 2.24) is 9.78 Å². The number of aliphatic hydroxyl groups excluding tert-OH is 1. The molecular weight excluding hydrogens is 370 g/mol. The molecule has 0 bridgehead atoms. The first-order valence-corrected chi connectivity index (χ1v) is 9.89. The van der Waals surface area contributed by atoms with Gasteiger partial charge in [-0.1, -0.05) is 42.0 Å². The number of nitrogens with one attached hydrogen (secondary N) is 1. The molecule has 0 fully saturated rings. The molecule has 2 aromatic heterocycles. The molecule has 0 aliphatic heterocycles. The molecule has 5 nitrogen and oxygen atoms in total. The summed E-state index contributed by atoms with van der Waals surface area (Å²) < 4.78 is 1.96. The minimum atomic E-state index is -0.155. The zero-order chi connectivity index (χ0) is 19.7. The number of anilines is 1. The van der Waals surface area contributed by atoms with Gasteiger partial charge < -0.3 is 10.4 Å². The number of aryl methyl sites for hydroxylation is 2. The molecule has 6 heteroatoms. The van der Waals surface area contributed by atoms with E-state index < -0.39 is 0 Å². The fourth-order valence-corrected chi connectivity index (χ4v) is 4.19. The number of nitrogens with zero attached hydrogens (tertiary/aromatic N) is 2. The van der Waals surface area contributed by atoms with Crippen molar-refractivity contribution in [2.24, 2.45) is 0 Å². The lowest BCUT2D eigenvalue weighted by atomic mass is 10.1. The zero-order valence-corrected chi connectivity index (χ0v) is 16.6. The van der Waals surface area contributed by atoms with E-state index in [0.29, 0.717) is 17.1 Å². The first-order valence-electron chi connectivity index (χ1n) is 9.07. The summed E-state index contributed by atoms with van der Waals surface area (Å²) in [5.41, 5.74) is 4.76. The Kier molecular flexibility index (Phi) is 4.98. The Balaban J connectivity index is 1.60. The molecule has 2 N–H and O–H groups in total. The molecule has 0 aliphatic carbocycles. The maximum Gasteiger partial charge on any atom is 0.265 e. The van der Waals surface area contributed by atoms with Gasteiger partial charge in [-0.15, -0.1) is 11.3 Å². The molecule has 142 valence electrons. The molecule has 0 atom stereocenters. The number of rotatable bonds is 5. The van der Waals surface area contributed by atoms with Crippen LogP contribution in [-0.2, 0) is 13.2 Å². The summed E-state index contributed by atoms with van der Waals surface area (Å²) in [4.78, 5) is 14.3. The van der Waals surface area contributed by atoms with Gasteiger partial charge in [0, 0.05) is 11.1 Å². The Morgan fingerprint density at radius 3 is 2.64 bits per heavy atom. The molecule has 4 rings (SSSR count). The number of aromatic nitrogens is 2. The van der Waals surface area contributed by atoms with Gasteiger partial charge in [0.1, 0.15) is 4.83 Å². The lowest BCUT2D eigenvalue weighted by molar-refractivity contribution is 0.103. The second kappa shape index (κ2) is 7.58. The average Bonchev–Trinajstić information content (AvgIpc) is 3.25. The molecule has 0 saturated carbocycles. The predicted octanol–water partition coefficient (Wildman–Crippen LogP) is 4.51. The molecule has 0 aliphatic rings. The van der Waals surface area contributed by atoms with Gasteiger partial charge in [0.15, 0.2) is 0 Å². The maximum atomic E-state index is 12.7. The van der Waals surface area contributed by atoms with Gasteiger partial charge in [-0.25, -0.2) is 0 Å². The van der Waals surface area contributed by atoms with E-state index in [9.17, 15) is 9.90 Å². The Morgan fingerprint density at radius 1 is 1.11 bits per heavy atom. The molecule has 2 aromatic carbocycles. The number of thiophene rings is 1. The quantitative estimate of drug-likeness (QED) is 0.526. The number of benzene rings is 2. The number of hydrogen-bond donors (Lipinski definition) is 2. The van der Waals surface area contributed by atoms with E-state index in [0.717, 1.165) is 21.5 Å². The molecule has 2 heterocycles. The summed E-state index contributed by atoms with van der Waals surface area (Å²) in [7, 11) is 0. The molecular formula is C22H21N3O2S. The van der Waals surface area contributed by atoms with E-state index in [1.54, 1.807) is 6.07 Å². The minimum absolute atomic E-state index is 0.0549. The Bertz CT molecular complexity index is 1140. The van der Waals surface area contributed by atoms with E-state index in [-0.39, 0.29) is 12.5 Å². The number of aliphatic hydroxyl groups is 1. The Labute approximate surface area is 167 Å². The van der Waals surface area contributed by atoms with Crippen LogP contribution in [0.25, 0.3) is 10.2 Å². The van der Waals surface area contributed by atoms with Crippen LogP contribution in [0.2, 0.25) is 0 Å². The fraction of sp³-hybridized carbons (Fsp3) is 0.182. The van der Waals surface area contributed by atoms with E-state index in [1.807, 2.05) is 35.9 Å². The minimum Gasteiger partial charge on any atom is -0.392 e. The third-order valence-corrected chi connectivity index (χ3v) is 5.80. The van der Waals surface area contributed by atoms with Gasteiger partial charge in [0.25, 0.3) is 5.91 Å². The Hall–Kier alpha value is -2.96. The maximum absolute atomic E-state index is 12.7. The summed E-state index contributed by atoms with van der Waals surface area (Å²) in [5, 5.41) is 17.8. The van der Waals surface area contributed by atoms with E-state index >= 15 is 0 Å².